The molecule has 0 aliphatic carbocycles. The van der Waals surface area contributed by atoms with Crippen molar-refractivity contribution in [2.75, 3.05) is 13.7 Å². The SMILES string of the molecule is COC(C)(C)CNC(CC(C)(C)C)c1ccccc1. The second-order valence-corrected chi connectivity index (χ2v) is 7.07. The zero-order valence-corrected chi connectivity index (χ0v) is 13.3. The fraction of sp³-hybridized carbons (Fsp3) is 0.647. The third-order valence-corrected chi connectivity index (χ3v) is 3.35. The molecule has 108 valence electrons. The topological polar surface area (TPSA) is 21.3 Å². The average Bonchev–Trinajstić information content (AvgIpc) is 2.34. The van der Waals surface area contributed by atoms with E-state index in [1.54, 1.807) is 7.11 Å². The number of hydrogen-bond acceptors (Lipinski definition) is 2. The summed E-state index contributed by atoms with van der Waals surface area (Å²) in [6.07, 6.45) is 1.11. The Morgan fingerprint density at radius 3 is 2.11 bits per heavy atom. The molecule has 0 fully saturated rings. The van der Waals surface area contributed by atoms with Crippen LogP contribution in [0.5, 0.6) is 0 Å². The lowest BCUT2D eigenvalue weighted by molar-refractivity contribution is 0.0198. The molecule has 0 aromatic heterocycles. The molecule has 0 aliphatic heterocycles. The van der Waals surface area contributed by atoms with Crippen LogP contribution in [0.2, 0.25) is 0 Å². The Hall–Kier alpha value is -0.860. The molecule has 1 aromatic carbocycles. The van der Waals surface area contributed by atoms with Crippen molar-refractivity contribution in [1.82, 2.24) is 5.32 Å². The largest absolute Gasteiger partial charge is 0.377 e. The number of ether oxygens (including phenoxy) is 1. The van der Waals surface area contributed by atoms with Gasteiger partial charge in [0.05, 0.1) is 5.60 Å². The summed E-state index contributed by atoms with van der Waals surface area (Å²) in [5.74, 6) is 0. The lowest BCUT2D eigenvalue weighted by atomic mass is 9.85. The van der Waals surface area contributed by atoms with Crippen LogP contribution in [0.1, 0.15) is 52.6 Å². The monoisotopic (exact) mass is 263 g/mol. The minimum absolute atomic E-state index is 0.134. The van der Waals surface area contributed by atoms with Crippen LogP contribution in [-0.4, -0.2) is 19.3 Å². The Balaban J connectivity index is 2.77. The fourth-order valence-corrected chi connectivity index (χ4v) is 2.05. The number of benzene rings is 1. The van der Waals surface area contributed by atoms with Crippen LogP contribution >= 0.6 is 0 Å². The van der Waals surface area contributed by atoms with E-state index in [0.29, 0.717) is 11.5 Å². The molecule has 1 rings (SSSR count). The summed E-state index contributed by atoms with van der Waals surface area (Å²) < 4.78 is 5.49. The highest BCUT2D eigenvalue weighted by Gasteiger charge is 2.23. The van der Waals surface area contributed by atoms with Gasteiger partial charge in [-0.1, -0.05) is 51.1 Å². The Morgan fingerprint density at radius 2 is 1.63 bits per heavy atom. The predicted molar refractivity (Wildman–Crippen MR) is 82.3 cm³/mol. The Bertz CT molecular complexity index is 365. The summed E-state index contributed by atoms with van der Waals surface area (Å²) in [5.41, 5.74) is 1.51. The van der Waals surface area contributed by atoms with Crippen molar-refractivity contribution >= 4 is 0 Å². The molecular weight excluding hydrogens is 234 g/mol. The zero-order valence-electron chi connectivity index (χ0n) is 13.3. The van der Waals surface area contributed by atoms with Gasteiger partial charge in [0.1, 0.15) is 0 Å². The molecule has 0 aliphatic rings. The van der Waals surface area contributed by atoms with Gasteiger partial charge in [-0.3, -0.25) is 0 Å². The maximum Gasteiger partial charge on any atom is 0.0746 e. The van der Waals surface area contributed by atoms with Crippen LogP contribution in [0.3, 0.4) is 0 Å². The summed E-state index contributed by atoms with van der Waals surface area (Å²) in [4.78, 5) is 0. The highest BCUT2D eigenvalue weighted by molar-refractivity contribution is 5.19. The van der Waals surface area contributed by atoms with Gasteiger partial charge in [0, 0.05) is 19.7 Å². The van der Waals surface area contributed by atoms with Gasteiger partial charge in [-0.2, -0.15) is 0 Å². The van der Waals surface area contributed by atoms with E-state index in [9.17, 15) is 0 Å². The first-order valence-corrected chi connectivity index (χ1v) is 7.07. The van der Waals surface area contributed by atoms with E-state index in [1.165, 1.54) is 5.56 Å². The summed E-state index contributed by atoms with van der Waals surface area (Å²) in [6, 6.07) is 11.0. The van der Waals surface area contributed by atoms with Crippen molar-refractivity contribution < 1.29 is 4.74 Å². The smallest absolute Gasteiger partial charge is 0.0746 e. The molecular formula is C17H29NO. The molecule has 2 heteroatoms. The Morgan fingerprint density at radius 1 is 1.05 bits per heavy atom. The molecule has 1 N–H and O–H groups in total. The van der Waals surface area contributed by atoms with Crippen LogP contribution in [0.4, 0.5) is 0 Å². The molecule has 19 heavy (non-hydrogen) atoms. The van der Waals surface area contributed by atoms with Crippen LogP contribution in [0, 0.1) is 5.41 Å². The van der Waals surface area contributed by atoms with E-state index in [2.05, 4.69) is 70.3 Å². The summed E-state index contributed by atoms with van der Waals surface area (Å²) in [7, 11) is 1.77. The molecule has 0 bridgehead atoms. The second-order valence-electron chi connectivity index (χ2n) is 7.07. The second kappa shape index (κ2) is 6.53. The number of nitrogens with one attached hydrogen (secondary N) is 1. The van der Waals surface area contributed by atoms with Crippen molar-refractivity contribution in [2.45, 2.75) is 52.7 Å². The normalized spacial score (nSPS) is 14.4. The maximum atomic E-state index is 5.49. The van der Waals surface area contributed by atoms with Gasteiger partial charge in [-0.05, 0) is 31.2 Å². The molecule has 1 unspecified atom stereocenters. The minimum Gasteiger partial charge on any atom is -0.377 e. The molecule has 0 amide bonds. The van der Waals surface area contributed by atoms with E-state index < -0.39 is 0 Å². The minimum atomic E-state index is -0.134. The van der Waals surface area contributed by atoms with Gasteiger partial charge in [0.25, 0.3) is 0 Å². The fourth-order valence-electron chi connectivity index (χ4n) is 2.05. The van der Waals surface area contributed by atoms with Crippen molar-refractivity contribution in [1.29, 1.82) is 0 Å². The average molecular weight is 263 g/mol. The molecule has 2 nitrogen and oxygen atoms in total. The van der Waals surface area contributed by atoms with Gasteiger partial charge in [-0.15, -0.1) is 0 Å². The highest BCUT2D eigenvalue weighted by atomic mass is 16.5. The lowest BCUT2D eigenvalue weighted by Gasteiger charge is -2.31. The van der Waals surface area contributed by atoms with Gasteiger partial charge >= 0.3 is 0 Å². The molecule has 0 saturated carbocycles. The van der Waals surface area contributed by atoms with Crippen LogP contribution in [-0.2, 0) is 4.74 Å². The Labute approximate surface area is 118 Å². The number of hydrogen-bond donors (Lipinski definition) is 1. The first kappa shape index (κ1) is 16.2. The number of rotatable bonds is 6. The zero-order chi connectivity index (χ0) is 14.5. The third kappa shape index (κ3) is 6.22. The van der Waals surface area contributed by atoms with Crippen molar-refractivity contribution in [3.05, 3.63) is 35.9 Å². The summed E-state index contributed by atoms with van der Waals surface area (Å²) >= 11 is 0. The predicted octanol–water partition coefficient (Wildman–Crippen LogP) is 4.18. The standard InChI is InChI=1S/C17H29NO/c1-16(2,3)12-15(14-10-8-7-9-11-14)18-13-17(4,5)19-6/h7-11,15,18H,12-13H2,1-6H3. The van der Waals surface area contributed by atoms with Gasteiger partial charge in [-0.25, -0.2) is 0 Å². The molecule has 0 radical (unpaired) electrons. The van der Waals surface area contributed by atoms with E-state index in [0.717, 1.165) is 13.0 Å². The van der Waals surface area contributed by atoms with Crippen LogP contribution in [0.25, 0.3) is 0 Å². The summed E-state index contributed by atoms with van der Waals surface area (Å²) in [6.45, 7) is 11.9. The van der Waals surface area contributed by atoms with E-state index in [-0.39, 0.29) is 5.60 Å². The van der Waals surface area contributed by atoms with Crippen LogP contribution < -0.4 is 5.32 Å². The van der Waals surface area contributed by atoms with Crippen molar-refractivity contribution in [3.63, 3.8) is 0 Å². The molecule has 0 spiro atoms. The lowest BCUT2D eigenvalue weighted by Crippen LogP contribution is -2.39. The maximum absolute atomic E-state index is 5.49. The van der Waals surface area contributed by atoms with Gasteiger partial charge < -0.3 is 10.1 Å². The Kier molecular flexibility index (Phi) is 5.57. The highest BCUT2D eigenvalue weighted by Crippen LogP contribution is 2.29. The van der Waals surface area contributed by atoms with Crippen LogP contribution in [0.15, 0.2) is 30.3 Å². The van der Waals surface area contributed by atoms with E-state index in [1.807, 2.05) is 0 Å². The first-order chi connectivity index (χ1) is 8.73. The molecule has 0 saturated heterocycles. The molecule has 0 heterocycles. The first-order valence-electron chi connectivity index (χ1n) is 7.07. The van der Waals surface area contributed by atoms with Crippen molar-refractivity contribution in [3.8, 4) is 0 Å². The van der Waals surface area contributed by atoms with E-state index >= 15 is 0 Å². The molecule has 1 aromatic rings. The molecule has 1 atom stereocenters. The number of methoxy groups -OCH3 is 1. The van der Waals surface area contributed by atoms with E-state index in [4.69, 9.17) is 4.74 Å². The quantitative estimate of drug-likeness (QED) is 0.831. The van der Waals surface area contributed by atoms with Crippen molar-refractivity contribution in [2.24, 2.45) is 5.41 Å². The summed E-state index contributed by atoms with van der Waals surface area (Å²) in [5, 5.41) is 3.66. The van der Waals surface area contributed by atoms with Gasteiger partial charge in [0.2, 0.25) is 0 Å². The third-order valence-electron chi connectivity index (χ3n) is 3.35. The van der Waals surface area contributed by atoms with Gasteiger partial charge in [0.15, 0.2) is 0 Å².